The number of nitrogens with one attached hydrogen (secondary N) is 3. The Balaban J connectivity index is 1.24. The highest BCUT2D eigenvalue weighted by molar-refractivity contribution is 5.95. The fourth-order valence-electron chi connectivity index (χ4n) is 5.77. The lowest BCUT2D eigenvalue weighted by molar-refractivity contribution is -0.122. The molecule has 0 saturated heterocycles. The van der Waals surface area contributed by atoms with E-state index < -0.39 is 0 Å². The van der Waals surface area contributed by atoms with Gasteiger partial charge in [-0.1, -0.05) is 39.5 Å². The summed E-state index contributed by atoms with van der Waals surface area (Å²) >= 11 is 0. The number of nitrogens with zero attached hydrogens (tertiary/aromatic N) is 1. The number of fused-ring (bicyclic) bond motifs is 1. The van der Waals surface area contributed by atoms with Gasteiger partial charge in [-0.3, -0.25) is 9.59 Å². The molecule has 2 amide bonds. The summed E-state index contributed by atoms with van der Waals surface area (Å²) in [4.78, 5) is 33.5. The van der Waals surface area contributed by atoms with Crippen molar-refractivity contribution in [3.8, 4) is 11.4 Å². The largest absolute Gasteiger partial charge is 0.338 e. The number of aromatic amines is 1. The maximum Gasteiger partial charge on any atom is 0.227 e. The third kappa shape index (κ3) is 5.58. The summed E-state index contributed by atoms with van der Waals surface area (Å²) in [5, 5.41) is 6.18. The topological polar surface area (TPSA) is 86.9 Å². The number of hydrogen-bond donors (Lipinski definition) is 3. The van der Waals surface area contributed by atoms with Gasteiger partial charge in [0.1, 0.15) is 5.82 Å². The molecular formula is C29H36N4O2. The second-order valence-corrected chi connectivity index (χ2v) is 10.8. The molecular weight excluding hydrogens is 436 g/mol. The number of anilines is 2. The van der Waals surface area contributed by atoms with Gasteiger partial charge in [0.25, 0.3) is 0 Å². The van der Waals surface area contributed by atoms with Gasteiger partial charge in [0.05, 0.1) is 11.0 Å². The zero-order valence-electron chi connectivity index (χ0n) is 20.8. The lowest BCUT2D eigenvalue weighted by atomic mass is 9.82. The molecule has 5 rings (SSSR count). The van der Waals surface area contributed by atoms with Crippen molar-refractivity contribution >= 4 is 34.2 Å². The van der Waals surface area contributed by atoms with E-state index in [1.165, 1.54) is 12.8 Å². The number of aromatic nitrogens is 2. The molecule has 1 heterocycles. The predicted octanol–water partition coefficient (Wildman–Crippen LogP) is 6.76. The van der Waals surface area contributed by atoms with Gasteiger partial charge in [-0.25, -0.2) is 4.98 Å². The number of amides is 2. The van der Waals surface area contributed by atoms with E-state index in [0.29, 0.717) is 11.8 Å². The van der Waals surface area contributed by atoms with Crippen molar-refractivity contribution in [2.24, 2.45) is 23.7 Å². The first-order valence-corrected chi connectivity index (χ1v) is 13.2. The van der Waals surface area contributed by atoms with Gasteiger partial charge < -0.3 is 15.6 Å². The molecule has 6 nitrogen and oxygen atoms in total. The molecule has 0 radical (unpaired) electrons. The fraction of sp³-hybridized carbons (Fsp3) is 0.483. The maximum absolute atomic E-state index is 12.7. The highest BCUT2D eigenvalue weighted by atomic mass is 16.2. The molecule has 184 valence electrons. The number of carbonyl (C=O) groups excluding carboxylic acids is 2. The van der Waals surface area contributed by atoms with E-state index in [4.69, 9.17) is 4.98 Å². The van der Waals surface area contributed by atoms with Gasteiger partial charge >= 0.3 is 0 Å². The third-order valence-corrected chi connectivity index (χ3v) is 7.79. The fourth-order valence-corrected chi connectivity index (χ4v) is 5.77. The van der Waals surface area contributed by atoms with Crippen molar-refractivity contribution in [1.29, 1.82) is 0 Å². The average Bonchev–Trinajstić information content (AvgIpc) is 3.28. The first-order valence-electron chi connectivity index (χ1n) is 13.2. The summed E-state index contributed by atoms with van der Waals surface area (Å²) in [6, 6.07) is 13.6. The van der Waals surface area contributed by atoms with Crippen molar-refractivity contribution in [2.75, 3.05) is 10.6 Å². The molecule has 2 aliphatic carbocycles. The molecule has 0 aliphatic heterocycles. The Morgan fingerprint density at radius 1 is 0.800 bits per heavy atom. The van der Waals surface area contributed by atoms with Crippen molar-refractivity contribution < 1.29 is 9.59 Å². The van der Waals surface area contributed by atoms with Gasteiger partial charge in [-0.2, -0.15) is 0 Å². The summed E-state index contributed by atoms with van der Waals surface area (Å²) in [6.07, 6.45) is 8.62. The SMILES string of the molecule is CC1CCCC(C(=O)Nc2ccc(-c3nc4ccc(NC(=O)C5CCCC(C)C5)cc4[nH]3)cc2)C1. The Kier molecular flexibility index (Phi) is 6.89. The van der Waals surface area contributed by atoms with Gasteiger partial charge in [-0.15, -0.1) is 0 Å². The molecule has 2 aromatic carbocycles. The molecule has 4 unspecified atom stereocenters. The van der Waals surface area contributed by atoms with E-state index in [9.17, 15) is 9.59 Å². The van der Waals surface area contributed by atoms with Crippen molar-refractivity contribution in [2.45, 2.75) is 65.2 Å². The summed E-state index contributed by atoms with van der Waals surface area (Å²) in [7, 11) is 0. The zero-order chi connectivity index (χ0) is 24.4. The van der Waals surface area contributed by atoms with Crippen LogP contribution in [0.4, 0.5) is 11.4 Å². The van der Waals surface area contributed by atoms with Crippen LogP contribution >= 0.6 is 0 Å². The minimum atomic E-state index is 0.104. The maximum atomic E-state index is 12.7. The van der Waals surface area contributed by atoms with Crippen LogP contribution in [0.1, 0.15) is 65.2 Å². The molecule has 2 saturated carbocycles. The minimum absolute atomic E-state index is 0.104. The van der Waals surface area contributed by atoms with Crippen molar-refractivity contribution in [3.63, 3.8) is 0 Å². The van der Waals surface area contributed by atoms with E-state index in [2.05, 4.69) is 29.5 Å². The smallest absolute Gasteiger partial charge is 0.227 e. The number of H-pyrrole nitrogens is 1. The minimum Gasteiger partial charge on any atom is -0.338 e. The molecule has 6 heteroatoms. The third-order valence-electron chi connectivity index (χ3n) is 7.79. The Morgan fingerprint density at radius 2 is 1.37 bits per heavy atom. The van der Waals surface area contributed by atoms with Crippen LogP contribution < -0.4 is 10.6 Å². The number of benzene rings is 2. The average molecular weight is 473 g/mol. The molecule has 35 heavy (non-hydrogen) atoms. The Morgan fingerprint density at radius 3 is 1.97 bits per heavy atom. The lowest BCUT2D eigenvalue weighted by Gasteiger charge is -2.25. The summed E-state index contributed by atoms with van der Waals surface area (Å²) in [5.74, 6) is 2.48. The number of hydrogen-bond acceptors (Lipinski definition) is 3. The van der Waals surface area contributed by atoms with E-state index in [1.54, 1.807) is 0 Å². The first-order chi connectivity index (χ1) is 16.9. The van der Waals surface area contributed by atoms with Crippen LogP contribution in [0.2, 0.25) is 0 Å². The van der Waals surface area contributed by atoms with Crippen molar-refractivity contribution in [1.82, 2.24) is 9.97 Å². The van der Waals surface area contributed by atoms with Crippen LogP contribution in [-0.4, -0.2) is 21.8 Å². The molecule has 0 spiro atoms. The van der Waals surface area contributed by atoms with Crippen LogP contribution in [0.15, 0.2) is 42.5 Å². The summed E-state index contributed by atoms with van der Waals surface area (Å²) in [5.41, 5.74) is 4.31. The van der Waals surface area contributed by atoms with Crippen LogP contribution in [-0.2, 0) is 9.59 Å². The summed E-state index contributed by atoms with van der Waals surface area (Å²) < 4.78 is 0. The molecule has 0 bridgehead atoms. The standard InChI is InChI=1S/C29H36N4O2/c1-18-5-3-7-21(15-18)28(34)30-23-11-9-20(10-12-23)27-32-25-14-13-24(17-26(25)33-27)31-29(35)22-8-4-6-19(2)16-22/h9-14,17-19,21-22H,3-8,15-16H2,1-2H3,(H,30,34)(H,31,35)(H,32,33). The van der Waals surface area contributed by atoms with Gasteiger partial charge in [0.15, 0.2) is 0 Å². The highest BCUT2D eigenvalue weighted by Crippen LogP contribution is 2.31. The normalized spacial score (nSPS) is 24.7. The quantitative estimate of drug-likeness (QED) is 0.383. The highest BCUT2D eigenvalue weighted by Gasteiger charge is 2.26. The second kappa shape index (κ2) is 10.2. The van der Waals surface area contributed by atoms with E-state index >= 15 is 0 Å². The van der Waals surface area contributed by atoms with Crippen molar-refractivity contribution in [3.05, 3.63) is 42.5 Å². The Labute approximate surface area is 207 Å². The molecule has 4 atom stereocenters. The lowest BCUT2D eigenvalue weighted by Crippen LogP contribution is -2.27. The van der Waals surface area contributed by atoms with Crippen LogP contribution in [0.25, 0.3) is 22.4 Å². The predicted molar refractivity (Wildman–Crippen MR) is 141 cm³/mol. The zero-order valence-corrected chi connectivity index (χ0v) is 20.8. The van der Waals surface area contributed by atoms with E-state index in [0.717, 1.165) is 72.3 Å². The van der Waals surface area contributed by atoms with Crippen LogP contribution in [0.3, 0.4) is 0 Å². The van der Waals surface area contributed by atoms with Crippen LogP contribution in [0.5, 0.6) is 0 Å². The van der Waals surface area contributed by atoms with E-state index in [1.807, 2.05) is 42.5 Å². The number of rotatable bonds is 5. The van der Waals surface area contributed by atoms with E-state index in [-0.39, 0.29) is 23.7 Å². The molecule has 1 aromatic heterocycles. The number of carbonyl (C=O) groups is 2. The van der Waals surface area contributed by atoms with Gasteiger partial charge in [0.2, 0.25) is 11.8 Å². The number of imidazole rings is 1. The Bertz CT molecular complexity index is 1200. The molecule has 2 fully saturated rings. The summed E-state index contributed by atoms with van der Waals surface area (Å²) in [6.45, 7) is 4.46. The van der Waals surface area contributed by atoms with Gasteiger partial charge in [0, 0.05) is 28.8 Å². The first kappa shape index (κ1) is 23.6. The van der Waals surface area contributed by atoms with Crippen LogP contribution in [0, 0.1) is 23.7 Å². The monoisotopic (exact) mass is 472 g/mol. The molecule has 3 aromatic rings. The molecule has 3 N–H and O–H groups in total. The molecule has 2 aliphatic rings. The Hall–Kier alpha value is -3.15. The van der Waals surface area contributed by atoms with Gasteiger partial charge in [-0.05, 0) is 80.0 Å². The second-order valence-electron chi connectivity index (χ2n) is 10.8.